The van der Waals surface area contributed by atoms with Gasteiger partial charge in [-0.2, -0.15) is 5.26 Å². The molecular weight excluding hydrogens is 253 g/mol. The fraction of sp³-hybridized carbons (Fsp3) is 0.0769. The number of nitrogens with zero attached hydrogens (tertiary/aromatic N) is 1. The summed E-state index contributed by atoms with van der Waals surface area (Å²) in [4.78, 5) is 10.6. The fourth-order valence-electron chi connectivity index (χ4n) is 1.40. The van der Waals surface area contributed by atoms with Gasteiger partial charge in [-0.15, -0.1) is 0 Å². The van der Waals surface area contributed by atoms with E-state index in [0.717, 1.165) is 12.3 Å². The molecule has 0 aliphatic carbocycles. The predicted octanol–water partition coefficient (Wildman–Crippen LogP) is 2.57. The highest BCUT2D eigenvalue weighted by Gasteiger charge is 2.10. The average Bonchev–Trinajstić information content (AvgIpc) is 2.86. The molecule has 0 radical (unpaired) electrons. The second-order valence-electron chi connectivity index (χ2n) is 3.65. The van der Waals surface area contributed by atoms with Gasteiger partial charge in [0.15, 0.2) is 11.6 Å². The number of aromatic carboxylic acids is 1. The molecule has 1 heterocycles. The van der Waals surface area contributed by atoms with Gasteiger partial charge in [0.05, 0.1) is 17.2 Å². The number of ether oxygens (including phenoxy) is 1. The maximum atomic E-state index is 13.5. The van der Waals surface area contributed by atoms with E-state index in [-0.39, 0.29) is 29.2 Å². The molecule has 6 heteroatoms. The molecule has 1 aromatic heterocycles. The lowest BCUT2D eigenvalue weighted by Crippen LogP contribution is -1.97. The Morgan fingerprint density at radius 3 is 2.84 bits per heavy atom. The van der Waals surface area contributed by atoms with E-state index in [1.165, 1.54) is 18.2 Å². The van der Waals surface area contributed by atoms with Crippen molar-refractivity contribution in [1.82, 2.24) is 0 Å². The van der Waals surface area contributed by atoms with E-state index in [0.29, 0.717) is 0 Å². The van der Waals surface area contributed by atoms with E-state index in [4.69, 9.17) is 19.5 Å². The molecule has 2 rings (SSSR count). The zero-order valence-electron chi connectivity index (χ0n) is 9.59. The molecular formula is C13H8FNO4. The zero-order valence-corrected chi connectivity index (χ0v) is 9.59. The first kappa shape index (κ1) is 12.6. The summed E-state index contributed by atoms with van der Waals surface area (Å²) in [5.41, 5.74) is 0.190. The molecule has 5 nitrogen and oxygen atoms in total. The number of hydrogen-bond acceptors (Lipinski definition) is 4. The molecule has 0 bridgehead atoms. The van der Waals surface area contributed by atoms with Crippen LogP contribution in [0.1, 0.15) is 21.7 Å². The minimum absolute atomic E-state index is 0.00102. The fourth-order valence-corrected chi connectivity index (χ4v) is 1.40. The lowest BCUT2D eigenvalue weighted by molar-refractivity contribution is 0.0696. The molecule has 1 aromatic carbocycles. The minimum atomic E-state index is -1.11. The molecule has 1 N–H and O–H groups in total. The van der Waals surface area contributed by atoms with Crippen molar-refractivity contribution in [2.24, 2.45) is 0 Å². The number of rotatable bonds is 4. The van der Waals surface area contributed by atoms with Crippen molar-refractivity contribution in [3.05, 3.63) is 53.2 Å². The average molecular weight is 261 g/mol. The van der Waals surface area contributed by atoms with Crippen LogP contribution in [0.5, 0.6) is 5.75 Å². The molecule has 0 atom stereocenters. The summed E-state index contributed by atoms with van der Waals surface area (Å²) in [6.07, 6.45) is 1.08. The van der Waals surface area contributed by atoms with Gasteiger partial charge in [-0.25, -0.2) is 9.18 Å². The Morgan fingerprint density at radius 1 is 1.47 bits per heavy atom. The van der Waals surface area contributed by atoms with Crippen LogP contribution in [-0.2, 0) is 6.61 Å². The van der Waals surface area contributed by atoms with Crippen LogP contribution >= 0.6 is 0 Å². The molecule has 0 unspecified atom stereocenters. The predicted molar refractivity (Wildman–Crippen MR) is 61.1 cm³/mol. The molecule has 0 amide bonds. The van der Waals surface area contributed by atoms with Gasteiger partial charge in [-0.05, 0) is 24.3 Å². The first-order valence-electron chi connectivity index (χ1n) is 5.23. The second kappa shape index (κ2) is 5.23. The highest BCUT2D eigenvalue weighted by molar-refractivity contribution is 5.87. The number of halogens is 1. The molecule has 0 aliphatic rings. The SMILES string of the molecule is N#Cc1ccc(OCc2cc(C(=O)O)co2)c(F)c1. The van der Waals surface area contributed by atoms with Crippen LogP contribution in [0.2, 0.25) is 0 Å². The zero-order chi connectivity index (χ0) is 13.8. The molecule has 19 heavy (non-hydrogen) atoms. The van der Waals surface area contributed by atoms with Gasteiger partial charge in [0.1, 0.15) is 18.6 Å². The molecule has 2 aromatic rings. The molecule has 0 saturated carbocycles. The van der Waals surface area contributed by atoms with Crippen molar-refractivity contribution in [3.63, 3.8) is 0 Å². The van der Waals surface area contributed by atoms with Crippen LogP contribution in [0.25, 0.3) is 0 Å². The van der Waals surface area contributed by atoms with Gasteiger partial charge in [-0.3, -0.25) is 0 Å². The van der Waals surface area contributed by atoms with Crippen molar-refractivity contribution < 1.29 is 23.4 Å². The van der Waals surface area contributed by atoms with Gasteiger partial charge in [0, 0.05) is 0 Å². The van der Waals surface area contributed by atoms with Crippen molar-refractivity contribution in [3.8, 4) is 11.8 Å². The minimum Gasteiger partial charge on any atom is -0.483 e. The van der Waals surface area contributed by atoms with Gasteiger partial charge in [0.25, 0.3) is 0 Å². The summed E-state index contributed by atoms with van der Waals surface area (Å²) >= 11 is 0. The van der Waals surface area contributed by atoms with Gasteiger partial charge >= 0.3 is 5.97 Å². The van der Waals surface area contributed by atoms with E-state index in [1.54, 1.807) is 6.07 Å². The summed E-state index contributed by atoms with van der Waals surface area (Å²) in [5, 5.41) is 17.3. The largest absolute Gasteiger partial charge is 0.483 e. The normalized spacial score (nSPS) is 9.89. The number of hydrogen-bond donors (Lipinski definition) is 1. The molecule has 0 aliphatic heterocycles. The summed E-state index contributed by atoms with van der Waals surface area (Å²) in [5.74, 6) is -1.54. The topological polar surface area (TPSA) is 83.5 Å². The number of carboxylic acids is 1. The molecule has 0 saturated heterocycles. The lowest BCUT2D eigenvalue weighted by atomic mass is 10.2. The van der Waals surface area contributed by atoms with E-state index in [1.807, 2.05) is 0 Å². The van der Waals surface area contributed by atoms with E-state index < -0.39 is 11.8 Å². The van der Waals surface area contributed by atoms with Gasteiger partial charge in [0.2, 0.25) is 0 Å². The third kappa shape index (κ3) is 2.90. The Hall–Kier alpha value is -2.81. The van der Waals surface area contributed by atoms with Crippen molar-refractivity contribution in [2.75, 3.05) is 0 Å². The number of carboxylic acid groups (broad SMARTS) is 1. The maximum Gasteiger partial charge on any atom is 0.338 e. The number of furan rings is 1. The first-order valence-corrected chi connectivity index (χ1v) is 5.23. The Morgan fingerprint density at radius 2 is 2.26 bits per heavy atom. The monoisotopic (exact) mass is 261 g/mol. The molecule has 0 spiro atoms. The third-order valence-corrected chi connectivity index (χ3v) is 2.33. The van der Waals surface area contributed by atoms with E-state index in [9.17, 15) is 9.18 Å². The third-order valence-electron chi connectivity index (χ3n) is 2.33. The van der Waals surface area contributed by atoms with Crippen LogP contribution in [-0.4, -0.2) is 11.1 Å². The number of carbonyl (C=O) groups is 1. The van der Waals surface area contributed by atoms with Crippen LogP contribution in [0.3, 0.4) is 0 Å². The van der Waals surface area contributed by atoms with Crippen LogP contribution in [0.15, 0.2) is 34.9 Å². The summed E-state index contributed by atoms with van der Waals surface area (Å²) in [6.45, 7) is -0.101. The first-order chi connectivity index (χ1) is 9.10. The van der Waals surface area contributed by atoms with Gasteiger partial charge in [-0.1, -0.05) is 0 Å². The Balaban J connectivity index is 2.06. The van der Waals surface area contributed by atoms with E-state index >= 15 is 0 Å². The summed E-state index contributed by atoms with van der Waals surface area (Å²) in [6, 6.07) is 6.90. The Kier molecular flexibility index (Phi) is 3.48. The summed E-state index contributed by atoms with van der Waals surface area (Å²) < 4.78 is 23.6. The van der Waals surface area contributed by atoms with Crippen molar-refractivity contribution in [2.45, 2.75) is 6.61 Å². The highest BCUT2D eigenvalue weighted by Crippen LogP contribution is 2.20. The van der Waals surface area contributed by atoms with Crippen LogP contribution < -0.4 is 4.74 Å². The second-order valence-corrected chi connectivity index (χ2v) is 3.65. The van der Waals surface area contributed by atoms with Crippen LogP contribution in [0.4, 0.5) is 4.39 Å². The maximum absolute atomic E-state index is 13.5. The quantitative estimate of drug-likeness (QED) is 0.914. The van der Waals surface area contributed by atoms with Gasteiger partial charge < -0.3 is 14.3 Å². The van der Waals surface area contributed by atoms with Crippen molar-refractivity contribution >= 4 is 5.97 Å². The van der Waals surface area contributed by atoms with E-state index in [2.05, 4.69) is 0 Å². The standard InChI is InChI=1S/C13H8FNO4/c14-11-3-8(5-15)1-2-12(11)19-7-10-4-9(6-18-10)13(16)17/h1-4,6H,7H2,(H,16,17). The molecule has 96 valence electrons. The summed E-state index contributed by atoms with van der Waals surface area (Å²) in [7, 11) is 0. The smallest absolute Gasteiger partial charge is 0.338 e. The Labute approximate surface area is 107 Å². The number of nitriles is 1. The number of benzene rings is 1. The van der Waals surface area contributed by atoms with Crippen LogP contribution in [0, 0.1) is 17.1 Å². The highest BCUT2D eigenvalue weighted by atomic mass is 19.1. The lowest BCUT2D eigenvalue weighted by Gasteiger charge is -2.05. The van der Waals surface area contributed by atoms with Crippen molar-refractivity contribution in [1.29, 1.82) is 5.26 Å². The molecule has 0 fully saturated rings. The Bertz CT molecular complexity index is 657.